The molecule has 1 N–H and O–H groups in total. The number of hydrogen-bond donors (Lipinski definition) is 1. The molecule has 172 valence electrons. The average molecular weight is 441 g/mol. The molecule has 3 rings (SSSR count). The third kappa shape index (κ3) is 6.09. The summed E-state index contributed by atoms with van der Waals surface area (Å²) >= 11 is 0. The number of nitrogens with one attached hydrogen (secondary N) is 1. The van der Waals surface area contributed by atoms with Crippen LogP contribution in [0, 0.1) is 17.7 Å². The van der Waals surface area contributed by atoms with Crippen LogP contribution in [-0.4, -0.2) is 43.0 Å². The van der Waals surface area contributed by atoms with Crippen molar-refractivity contribution in [2.45, 2.75) is 45.6 Å². The van der Waals surface area contributed by atoms with E-state index in [0.29, 0.717) is 19.0 Å². The minimum absolute atomic E-state index is 0.0387. The van der Waals surface area contributed by atoms with Gasteiger partial charge in [-0.25, -0.2) is 4.39 Å². The minimum atomic E-state index is -0.669. The summed E-state index contributed by atoms with van der Waals surface area (Å²) in [7, 11) is 1.67. The van der Waals surface area contributed by atoms with Crippen molar-refractivity contribution in [3.8, 4) is 5.75 Å². The number of rotatable bonds is 8. The van der Waals surface area contributed by atoms with Crippen LogP contribution in [0.2, 0.25) is 0 Å². The van der Waals surface area contributed by atoms with E-state index < -0.39 is 17.8 Å². The molecule has 0 saturated carbocycles. The molecular weight excluding hydrogens is 407 g/mol. The lowest BCUT2D eigenvalue weighted by Crippen LogP contribution is -2.53. The van der Waals surface area contributed by atoms with Crippen molar-refractivity contribution in [1.29, 1.82) is 0 Å². The Morgan fingerprint density at radius 2 is 1.75 bits per heavy atom. The van der Waals surface area contributed by atoms with Crippen LogP contribution < -0.4 is 10.1 Å². The highest BCUT2D eigenvalue weighted by Gasteiger charge is 2.31. The van der Waals surface area contributed by atoms with E-state index in [4.69, 9.17) is 4.74 Å². The van der Waals surface area contributed by atoms with Gasteiger partial charge in [-0.15, -0.1) is 0 Å². The molecule has 5 nitrogen and oxygen atoms in total. The van der Waals surface area contributed by atoms with Crippen LogP contribution in [0.25, 0.3) is 0 Å². The van der Waals surface area contributed by atoms with Crippen molar-refractivity contribution in [1.82, 2.24) is 10.2 Å². The van der Waals surface area contributed by atoms with E-state index in [1.807, 2.05) is 30.9 Å². The number of halogens is 1. The minimum Gasteiger partial charge on any atom is -0.497 e. The lowest BCUT2D eigenvalue weighted by Gasteiger charge is -2.35. The van der Waals surface area contributed by atoms with Crippen LogP contribution in [0.3, 0.4) is 0 Å². The second-order valence-corrected chi connectivity index (χ2v) is 8.83. The summed E-state index contributed by atoms with van der Waals surface area (Å²) in [5.41, 5.74) is 1.25. The van der Waals surface area contributed by atoms with Gasteiger partial charge in [-0.05, 0) is 67.3 Å². The molecule has 1 atom stereocenters. The molecule has 1 heterocycles. The van der Waals surface area contributed by atoms with Gasteiger partial charge >= 0.3 is 0 Å². The summed E-state index contributed by atoms with van der Waals surface area (Å²) in [6.45, 7) is 5.16. The maximum absolute atomic E-state index is 14.0. The fourth-order valence-corrected chi connectivity index (χ4v) is 4.18. The van der Waals surface area contributed by atoms with Crippen LogP contribution in [-0.2, 0) is 11.2 Å². The standard InChI is InChI=1S/C26H33FN2O3/c1-18(2)24(28-25(30)22-6-4-5-7-23(22)27)26(31)29-16-14-20(15-17-29)9-8-19-10-12-21(32-3)13-11-19/h4-7,10-13,18,20,24H,8-9,14-17H2,1-3H3,(H,28,30). The number of likely N-dealkylation sites (tertiary alicyclic amines) is 1. The lowest BCUT2D eigenvalue weighted by atomic mass is 9.90. The largest absolute Gasteiger partial charge is 0.497 e. The van der Waals surface area contributed by atoms with Gasteiger partial charge in [0.2, 0.25) is 5.91 Å². The highest BCUT2D eigenvalue weighted by molar-refractivity contribution is 5.97. The van der Waals surface area contributed by atoms with E-state index in [2.05, 4.69) is 17.4 Å². The van der Waals surface area contributed by atoms with Crippen molar-refractivity contribution in [2.24, 2.45) is 11.8 Å². The average Bonchev–Trinajstić information content (AvgIpc) is 2.81. The van der Waals surface area contributed by atoms with Crippen LogP contribution >= 0.6 is 0 Å². The van der Waals surface area contributed by atoms with Crippen molar-refractivity contribution >= 4 is 11.8 Å². The first kappa shape index (κ1) is 23.8. The maximum atomic E-state index is 14.0. The fourth-order valence-electron chi connectivity index (χ4n) is 4.18. The molecular formula is C26H33FN2O3. The number of carbonyl (C=O) groups excluding carboxylic acids is 2. The number of carbonyl (C=O) groups is 2. The second-order valence-electron chi connectivity index (χ2n) is 8.83. The quantitative estimate of drug-likeness (QED) is 0.659. The number of hydrogen-bond acceptors (Lipinski definition) is 3. The van der Waals surface area contributed by atoms with Crippen LogP contribution in [0.15, 0.2) is 48.5 Å². The zero-order chi connectivity index (χ0) is 23.1. The van der Waals surface area contributed by atoms with E-state index in [1.165, 1.54) is 23.8 Å². The summed E-state index contributed by atoms with van der Waals surface area (Å²) in [6.07, 6.45) is 4.00. The van der Waals surface area contributed by atoms with Gasteiger partial charge in [0.15, 0.2) is 0 Å². The van der Waals surface area contributed by atoms with Crippen LogP contribution in [0.5, 0.6) is 5.75 Å². The Balaban J connectivity index is 1.51. The van der Waals surface area contributed by atoms with Crippen molar-refractivity contribution in [3.05, 3.63) is 65.5 Å². The highest BCUT2D eigenvalue weighted by atomic mass is 19.1. The zero-order valence-corrected chi connectivity index (χ0v) is 19.1. The molecule has 1 fully saturated rings. The number of benzene rings is 2. The first-order chi connectivity index (χ1) is 15.4. The summed E-state index contributed by atoms with van der Waals surface area (Å²) in [4.78, 5) is 27.5. The SMILES string of the molecule is COc1ccc(CCC2CCN(C(=O)C(NC(=O)c3ccccc3F)C(C)C)CC2)cc1. The number of aryl methyl sites for hydroxylation is 1. The molecule has 2 aromatic carbocycles. The Kier molecular flexibility index (Phi) is 8.26. The summed E-state index contributed by atoms with van der Waals surface area (Å²) in [5.74, 6) is 0.125. The molecule has 2 aromatic rings. The number of amides is 2. The van der Waals surface area contributed by atoms with Gasteiger partial charge in [0.25, 0.3) is 5.91 Å². The van der Waals surface area contributed by atoms with E-state index in [0.717, 1.165) is 31.4 Å². The molecule has 0 bridgehead atoms. The Hall–Kier alpha value is -2.89. The molecule has 1 aliphatic rings. The molecule has 0 radical (unpaired) electrons. The number of nitrogens with zero attached hydrogens (tertiary/aromatic N) is 1. The van der Waals surface area contributed by atoms with Crippen molar-refractivity contribution in [2.75, 3.05) is 20.2 Å². The second kappa shape index (κ2) is 11.1. The van der Waals surface area contributed by atoms with Gasteiger partial charge < -0.3 is 15.0 Å². The van der Waals surface area contributed by atoms with Gasteiger partial charge in [0.05, 0.1) is 12.7 Å². The molecule has 32 heavy (non-hydrogen) atoms. The fraction of sp³-hybridized carbons (Fsp3) is 0.462. The predicted molar refractivity (Wildman–Crippen MR) is 123 cm³/mol. The first-order valence-corrected chi connectivity index (χ1v) is 11.4. The molecule has 6 heteroatoms. The third-order valence-corrected chi connectivity index (χ3v) is 6.26. The maximum Gasteiger partial charge on any atom is 0.254 e. The van der Waals surface area contributed by atoms with Gasteiger partial charge in [0.1, 0.15) is 17.6 Å². The summed E-state index contributed by atoms with van der Waals surface area (Å²) < 4.78 is 19.2. The zero-order valence-electron chi connectivity index (χ0n) is 19.1. The lowest BCUT2D eigenvalue weighted by molar-refractivity contribution is -0.135. The Morgan fingerprint density at radius 3 is 2.34 bits per heavy atom. The Bertz CT molecular complexity index is 906. The van der Waals surface area contributed by atoms with Crippen LogP contribution in [0.1, 0.15) is 49.0 Å². The van der Waals surface area contributed by atoms with E-state index in [1.54, 1.807) is 13.2 Å². The molecule has 1 unspecified atom stereocenters. The third-order valence-electron chi connectivity index (χ3n) is 6.26. The monoisotopic (exact) mass is 440 g/mol. The van der Waals surface area contributed by atoms with Crippen molar-refractivity contribution in [3.63, 3.8) is 0 Å². The number of methoxy groups -OCH3 is 1. The highest BCUT2D eigenvalue weighted by Crippen LogP contribution is 2.24. The molecule has 0 aliphatic carbocycles. The molecule has 0 spiro atoms. The summed E-state index contributed by atoms with van der Waals surface area (Å²) in [5, 5.41) is 2.76. The van der Waals surface area contributed by atoms with Gasteiger partial charge in [-0.1, -0.05) is 38.1 Å². The molecule has 2 amide bonds. The molecule has 0 aromatic heterocycles. The number of ether oxygens (including phenoxy) is 1. The van der Waals surface area contributed by atoms with E-state index in [9.17, 15) is 14.0 Å². The van der Waals surface area contributed by atoms with Crippen LogP contribution in [0.4, 0.5) is 4.39 Å². The Labute approximate surface area is 190 Å². The van der Waals surface area contributed by atoms with Gasteiger partial charge in [0, 0.05) is 13.1 Å². The predicted octanol–water partition coefficient (Wildman–Crippen LogP) is 4.46. The van der Waals surface area contributed by atoms with E-state index in [-0.39, 0.29) is 17.4 Å². The topological polar surface area (TPSA) is 58.6 Å². The first-order valence-electron chi connectivity index (χ1n) is 11.4. The normalized spacial score (nSPS) is 15.5. The van der Waals surface area contributed by atoms with E-state index >= 15 is 0 Å². The van der Waals surface area contributed by atoms with Gasteiger partial charge in [-0.3, -0.25) is 9.59 Å². The Morgan fingerprint density at radius 1 is 1.09 bits per heavy atom. The smallest absolute Gasteiger partial charge is 0.254 e. The summed E-state index contributed by atoms with van der Waals surface area (Å²) in [6, 6.07) is 13.3. The molecule has 1 aliphatic heterocycles. The van der Waals surface area contributed by atoms with Gasteiger partial charge in [-0.2, -0.15) is 0 Å². The molecule has 1 saturated heterocycles. The number of piperidine rings is 1. The van der Waals surface area contributed by atoms with Crippen molar-refractivity contribution < 1.29 is 18.7 Å².